The van der Waals surface area contributed by atoms with Crippen molar-refractivity contribution in [2.24, 2.45) is 0 Å². The summed E-state index contributed by atoms with van der Waals surface area (Å²) in [5.74, 6) is 0. The average molecular weight is 437 g/mol. The Labute approximate surface area is 201 Å². The fourth-order valence-electron chi connectivity index (χ4n) is 4.70. The van der Waals surface area contributed by atoms with Crippen LogP contribution in [0.15, 0.2) is 132 Å². The molecule has 0 heterocycles. The topological polar surface area (TPSA) is 0 Å². The Hall–Kier alpha value is -4.16. The second-order valence-electron chi connectivity index (χ2n) is 8.66. The first-order valence-electron chi connectivity index (χ1n) is 11.8. The maximum absolute atomic E-state index is 2.28. The minimum absolute atomic E-state index is 1.20. The Balaban J connectivity index is 1.88. The first kappa shape index (κ1) is 21.7. The van der Waals surface area contributed by atoms with Gasteiger partial charge in [0.15, 0.2) is 0 Å². The van der Waals surface area contributed by atoms with E-state index in [9.17, 15) is 0 Å². The molecule has 0 saturated carbocycles. The molecular formula is C34H28. The van der Waals surface area contributed by atoms with Gasteiger partial charge in [0, 0.05) is 0 Å². The molecule has 4 aromatic carbocycles. The predicted molar refractivity (Wildman–Crippen MR) is 146 cm³/mol. The van der Waals surface area contributed by atoms with Gasteiger partial charge < -0.3 is 0 Å². The maximum atomic E-state index is 2.28. The van der Waals surface area contributed by atoms with Gasteiger partial charge in [-0.2, -0.15) is 0 Å². The van der Waals surface area contributed by atoms with Gasteiger partial charge in [0.25, 0.3) is 0 Å². The third-order valence-corrected chi connectivity index (χ3v) is 6.53. The lowest BCUT2D eigenvalue weighted by molar-refractivity contribution is 1.33. The molecule has 0 fully saturated rings. The zero-order chi connectivity index (χ0) is 23.3. The van der Waals surface area contributed by atoms with E-state index in [1.54, 1.807) is 0 Å². The number of benzene rings is 4. The number of allylic oxidation sites excluding steroid dienone is 4. The SMILES string of the molecule is C/C1=c2\cccc\c2=c2/cccc/c2=C(C)/C(/C=C/c2ccccc2)=C1/C=C/c1ccccc1. The average Bonchev–Trinajstić information content (AvgIpc) is 2.90. The van der Waals surface area contributed by atoms with E-state index in [1.807, 2.05) is 0 Å². The molecule has 1 aliphatic rings. The summed E-state index contributed by atoms with van der Waals surface area (Å²) in [7, 11) is 0. The van der Waals surface area contributed by atoms with Crippen molar-refractivity contribution in [1.82, 2.24) is 0 Å². The molecule has 0 amide bonds. The van der Waals surface area contributed by atoms with Crippen molar-refractivity contribution in [3.05, 3.63) is 164 Å². The standard InChI is InChI=1S/C34H28/c1-25-29-17-9-11-19-33(29)34-20-12-10-18-30(34)26(2)32(24-22-28-15-7-4-8-16-28)31(25)23-21-27-13-5-3-6-14-27/h3-24H,1-2H3/b23-21+,24-22+,29-25-,30-26-,31-25?,32-26?,32-31-,34-33-. The van der Waals surface area contributed by atoms with Crippen LogP contribution in [0.3, 0.4) is 0 Å². The van der Waals surface area contributed by atoms with Crippen LogP contribution in [0, 0.1) is 10.4 Å². The number of hydrogen-bond donors (Lipinski definition) is 0. The van der Waals surface area contributed by atoms with Gasteiger partial charge in [0.05, 0.1) is 0 Å². The zero-order valence-corrected chi connectivity index (χ0v) is 19.7. The second-order valence-corrected chi connectivity index (χ2v) is 8.66. The lowest BCUT2D eigenvalue weighted by Crippen LogP contribution is -2.17. The van der Waals surface area contributed by atoms with Crippen molar-refractivity contribution < 1.29 is 0 Å². The van der Waals surface area contributed by atoms with E-state index in [-0.39, 0.29) is 0 Å². The van der Waals surface area contributed by atoms with Gasteiger partial charge in [-0.05, 0) is 68.1 Å². The third kappa shape index (κ3) is 4.36. The van der Waals surface area contributed by atoms with Crippen molar-refractivity contribution >= 4 is 23.3 Å². The van der Waals surface area contributed by atoms with Gasteiger partial charge >= 0.3 is 0 Å². The summed E-state index contributed by atoms with van der Waals surface area (Å²) in [6, 6.07) is 38.6. The highest BCUT2D eigenvalue weighted by molar-refractivity contribution is 5.84. The maximum Gasteiger partial charge on any atom is -0.0102 e. The van der Waals surface area contributed by atoms with Crippen molar-refractivity contribution in [2.75, 3.05) is 0 Å². The molecule has 0 atom stereocenters. The smallest absolute Gasteiger partial charge is 0.0102 e. The van der Waals surface area contributed by atoms with E-state index in [0.29, 0.717) is 0 Å². The van der Waals surface area contributed by atoms with Gasteiger partial charge in [-0.25, -0.2) is 0 Å². The Bertz CT molecular complexity index is 1510. The highest BCUT2D eigenvalue weighted by Gasteiger charge is 2.11. The van der Waals surface area contributed by atoms with Crippen LogP contribution in [-0.2, 0) is 0 Å². The van der Waals surface area contributed by atoms with Crippen molar-refractivity contribution in [2.45, 2.75) is 13.8 Å². The summed E-state index contributed by atoms with van der Waals surface area (Å²) in [6.45, 7) is 4.50. The highest BCUT2D eigenvalue weighted by Crippen LogP contribution is 2.26. The molecule has 0 saturated heterocycles. The highest BCUT2D eigenvalue weighted by atomic mass is 14.2. The predicted octanol–water partition coefficient (Wildman–Crippen LogP) is 7.05. The Morgan fingerprint density at radius 3 is 1.06 bits per heavy atom. The molecule has 0 radical (unpaired) electrons. The molecule has 0 aliphatic heterocycles. The lowest BCUT2D eigenvalue weighted by atomic mass is 9.89. The van der Waals surface area contributed by atoms with Gasteiger partial charge in [0.2, 0.25) is 0 Å². The third-order valence-electron chi connectivity index (χ3n) is 6.53. The van der Waals surface area contributed by atoms with E-state index in [1.165, 1.54) is 54.3 Å². The molecule has 0 unspecified atom stereocenters. The van der Waals surface area contributed by atoms with Crippen LogP contribution in [0.5, 0.6) is 0 Å². The summed E-state index contributed by atoms with van der Waals surface area (Å²) >= 11 is 0. The quantitative estimate of drug-likeness (QED) is 0.321. The fraction of sp³-hybridized carbons (Fsp3) is 0.0588. The normalized spacial score (nSPS) is 20.1. The van der Waals surface area contributed by atoms with Gasteiger partial charge in [-0.1, -0.05) is 133 Å². The fourth-order valence-corrected chi connectivity index (χ4v) is 4.70. The van der Waals surface area contributed by atoms with Crippen molar-refractivity contribution in [1.29, 1.82) is 0 Å². The van der Waals surface area contributed by atoms with Crippen LogP contribution in [0.1, 0.15) is 25.0 Å². The van der Waals surface area contributed by atoms with Gasteiger partial charge in [0.1, 0.15) is 0 Å². The van der Waals surface area contributed by atoms with Crippen LogP contribution >= 0.6 is 0 Å². The molecule has 0 spiro atoms. The van der Waals surface area contributed by atoms with Crippen LogP contribution in [0.25, 0.3) is 23.3 Å². The molecule has 0 nitrogen and oxygen atoms in total. The molecule has 0 heteroatoms. The Morgan fingerprint density at radius 2 is 0.676 bits per heavy atom. The molecule has 4 aromatic rings. The first-order chi connectivity index (χ1) is 16.7. The molecule has 0 bridgehead atoms. The summed E-state index contributed by atoms with van der Waals surface area (Å²) in [4.78, 5) is 0. The summed E-state index contributed by atoms with van der Waals surface area (Å²) < 4.78 is 0. The molecular weight excluding hydrogens is 408 g/mol. The summed E-state index contributed by atoms with van der Waals surface area (Å²) in [5.41, 5.74) is 7.45. The monoisotopic (exact) mass is 436 g/mol. The minimum Gasteiger partial charge on any atom is -0.0622 e. The van der Waals surface area contributed by atoms with Crippen LogP contribution < -0.4 is 10.4 Å². The van der Waals surface area contributed by atoms with E-state index >= 15 is 0 Å². The summed E-state index contributed by atoms with van der Waals surface area (Å²) in [5, 5.41) is 5.12. The van der Waals surface area contributed by atoms with E-state index in [4.69, 9.17) is 0 Å². The van der Waals surface area contributed by atoms with E-state index in [0.717, 1.165) is 0 Å². The largest absolute Gasteiger partial charge is 0.0622 e. The zero-order valence-electron chi connectivity index (χ0n) is 19.7. The van der Waals surface area contributed by atoms with E-state index < -0.39 is 0 Å². The van der Waals surface area contributed by atoms with Crippen LogP contribution in [0.2, 0.25) is 0 Å². The minimum atomic E-state index is 1.20. The van der Waals surface area contributed by atoms with Gasteiger partial charge in [-0.3, -0.25) is 0 Å². The van der Waals surface area contributed by atoms with Crippen molar-refractivity contribution in [3.8, 4) is 0 Å². The number of hydrogen-bond acceptors (Lipinski definition) is 0. The first-order valence-corrected chi connectivity index (χ1v) is 11.8. The van der Waals surface area contributed by atoms with Crippen LogP contribution in [0.4, 0.5) is 0 Å². The van der Waals surface area contributed by atoms with Crippen LogP contribution in [-0.4, -0.2) is 0 Å². The molecule has 164 valence electrons. The summed E-state index contributed by atoms with van der Waals surface area (Å²) in [6.07, 6.45) is 9.00. The molecule has 0 N–H and O–H groups in total. The van der Waals surface area contributed by atoms with Gasteiger partial charge in [-0.15, -0.1) is 0 Å². The second kappa shape index (κ2) is 9.77. The number of rotatable bonds is 4. The van der Waals surface area contributed by atoms with E-state index in [2.05, 4.69) is 147 Å². The number of fused-ring (bicyclic) bond motifs is 2. The molecule has 5 rings (SSSR count). The molecule has 34 heavy (non-hydrogen) atoms. The molecule has 1 aliphatic carbocycles. The van der Waals surface area contributed by atoms with Crippen molar-refractivity contribution in [3.63, 3.8) is 0 Å². The Morgan fingerprint density at radius 1 is 0.353 bits per heavy atom. The Kier molecular flexibility index (Phi) is 6.23. The molecule has 0 aromatic heterocycles. The lowest BCUT2D eigenvalue weighted by Gasteiger charge is -2.15.